The molecular weight excluding hydrogens is 384 g/mol. The maximum atomic E-state index is 13.1. The molecular formula is C20H23ClN2O3S. The lowest BCUT2D eigenvalue weighted by Gasteiger charge is -2.35. The summed E-state index contributed by atoms with van der Waals surface area (Å²) in [6, 6.07) is 12.2. The summed E-state index contributed by atoms with van der Waals surface area (Å²) < 4.78 is 26.1. The van der Waals surface area contributed by atoms with Crippen molar-refractivity contribution in [2.45, 2.75) is 32.9 Å². The maximum absolute atomic E-state index is 13.1. The molecule has 0 bridgehead atoms. The van der Waals surface area contributed by atoms with E-state index < -0.39 is 16.1 Å². The van der Waals surface area contributed by atoms with Crippen molar-refractivity contribution in [2.24, 2.45) is 0 Å². The van der Waals surface area contributed by atoms with Gasteiger partial charge in [0.25, 0.3) is 0 Å². The Bertz CT molecular complexity index is 975. The first-order valence-corrected chi connectivity index (χ1v) is 11.0. The molecule has 1 aliphatic rings. The van der Waals surface area contributed by atoms with E-state index in [1.807, 2.05) is 25.1 Å². The van der Waals surface area contributed by atoms with E-state index in [9.17, 15) is 13.2 Å². The van der Waals surface area contributed by atoms with Crippen LogP contribution in [0.3, 0.4) is 0 Å². The molecule has 1 heterocycles. The van der Waals surface area contributed by atoms with Gasteiger partial charge in [-0.25, -0.2) is 8.42 Å². The highest BCUT2D eigenvalue weighted by Crippen LogP contribution is 2.28. The van der Waals surface area contributed by atoms with Crippen molar-refractivity contribution in [1.82, 2.24) is 4.90 Å². The Labute approximate surface area is 165 Å². The summed E-state index contributed by atoms with van der Waals surface area (Å²) in [5.41, 5.74) is 3.58. The summed E-state index contributed by atoms with van der Waals surface area (Å²) in [6.45, 7) is 4.53. The number of hydrogen-bond acceptors (Lipinski definition) is 3. The Balaban J connectivity index is 1.89. The monoisotopic (exact) mass is 406 g/mol. The standard InChI is InChI=1S/C20H23ClN2O3S/c1-14-8-9-18(12-19(14)21)23(27(3,25)26)15(2)20(24)22-11-10-16-6-4-5-7-17(16)13-22/h4-9,12,15H,10-11,13H2,1-3H3/t15-/m1/s1. The smallest absolute Gasteiger partial charge is 0.246 e. The minimum Gasteiger partial charge on any atom is -0.336 e. The van der Waals surface area contributed by atoms with Crippen molar-refractivity contribution < 1.29 is 13.2 Å². The summed E-state index contributed by atoms with van der Waals surface area (Å²) in [7, 11) is -3.66. The number of rotatable bonds is 4. The first kappa shape index (κ1) is 19.7. The quantitative estimate of drug-likeness (QED) is 0.782. The SMILES string of the molecule is Cc1ccc(N([C@H](C)C(=O)N2CCc3ccccc3C2)S(C)(=O)=O)cc1Cl. The van der Waals surface area contributed by atoms with Crippen LogP contribution in [0, 0.1) is 6.92 Å². The molecule has 5 nitrogen and oxygen atoms in total. The summed E-state index contributed by atoms with van der Waals surface area (Å²) >= 11 is 6.18. The van der Waals surface area contributed by atoms with Crippen LogP contribution in [0.1, 0.15) is 23.6 Å². The van der Waals surface area contributed by atoms with E-state index in [0.717, 1.165) is 28.1 Å². The number of benzene rings is 2. The van der Waals surface area contributed by atoms with Crippen molar-refractivity contribution in [3.8, 4) is 0 Å². The fourth-order valence-corrected chi connectivity index (χ4v) is 4.81. The second kappa shape index (κ2) is 7.52. The molecule has 27 heavy (non-hydrogen) atoms. The fraction of sp³-hybridized carbons (Fsp3) is 0.350. The molecule has 2 aromatic rings. The Morgan fingerprint density at radius 1 is 1.19 bits per heavy atom. The normalized spacial score (nSPS) is 15.2. The van der Waals surface area contributed by atoms with Crippen LogP contribution in [0.25, 0.3) is 0 Å². The third-order valence-corrected chi connectivity index (χ3v) is 6.57. The van der Waals surface area contributed by atoms with E-state index in [-0.39, 0.29) is 5.91 Å². The lowest BCUT2D eigenvalue weighted by atomic mass is 9.99. The highest BCUT2D eigenvalue weighted by molar-refractivity contribution is 7.92. The van der Waals surface area contributed by atoms with Crippen LogP contribution >= 0.6 is 11.6 Å². The summed E-state index contributed by atoms with van der Waals surface area (Å²) in [6.07, 6.45) is 1.87. The largest absolute Gasteiger partial charge is 0.336 e. The van der Waals surface area contributed by atoms with Gasteiger partial charge in [0, 0.05) is 18.1 Å². The van der Waals surface area contributed by atoms with Gasteiger partial charge >= 0.3 is 0 Å². The molecule has 0 spiro atoms. The molecule has 3 rings (SSSR count). The number of anilines is 1. The van der Waals surface area contributed by atoms with E-state index in [1.54, 1.807) is 30.0 Å². The number of amides is 1. The van der Waals surface area contributed by atoms with Gasteiger partial charge in [-0.3, -0.25) is 9.10 Å². The van der Waals surface area contributed by atoms with E-state index in [4.69, 9.17) is 11.6 Å². The molecule has 0 aliphatic carbocycles. The van der Waals surface area contributed by atoms with Crippen molar-refractivity contribution in [3.63, 3.8) is 0 Å². The number of nitrogens with zero attached hydrogens (tertiary/aromatic N) is 2. The minimum absolute atomic E-state index is 0.216. The van der Waals surface area contributed by atoms with Gasteiger partial charge in [0.1, 0.15) is 6.04 Å². The van der Waals surface area contributed by atoms with E-state index in [0.29, 0.717) is 23.8 Å². The average molecular weight is 407 g/mol. The molecule has 0 radical (unpaired) electrons. The average Bonchev–Trinajstić information content (AvgIpc) is 2.62. The first-order chi connectivity index (χ1) is 12.7. The summed E-state index contributed by atoms with van der Waals surface area (Å²) in [4.78, 5) is 14.8. The zero-order chi connectivity index (χ0) is 19.8. The van der Waals surface area contributed by atoms with Gasteiger partial charge < -0.3 is 4.90 Å². The van der Waals surface area contributed by atoms with Gasteiger partial charge in [0.05, 0.1) is 11.9 Å². The maximum Gasteiger partial charge on any atom is 0.246 e. The van der Waals surface area contributed by atoms with Crippen LogP contribution in [0.15, 0.2) is 42.5 Å². The van der Waals surface area contributed by atoms with Crippen molar-refractivity contribution in [1.29, 1.82) is 0 Å². The number of carbonyl (C=O) groups is 1. The molecule has 0 saturated heterocycles. The van der Waals surface area contributed by atoms with E-state index in [1.165, 1.54) is 5.56 Å². The Morgan fingerprint density at radius 3 is 2.48 bits per heavy atom. The summed E-state index contributed by atoms with van der Waals surface area (Å²) in [5.74, 6) is -0.216. The molecule has 0 aromatic heterocycles. The Hall–Kier alpha value is -2.05. The fourth-order valence-electron chi connectivity index (χ4n) is 3.47. The lowest BCUT2D eigenvalue weighted by molar-refractivity contribution is -0.132. The van der Waals surface area contributed by atoms with Gasteiger partial charge in [-0.1, -0.05) is 41.9 Å². The van der Waals surface area contributed by atoms with Crippen LogP contribution < -0.4 is 4.31 Å². The van der Waals surface area contributed by atoms with Crippen LogP contribution in [-0.4, -0.2) is 38.1 Å². The molecule has 7 heteroatoms. The topological polar surface area (TPSA) is 57.7 Å². The zero-order valence-corrected chi connectivity index (χ0v) is 17.2. The second-order valence-corrected chi connectivity index (χ2v) is 9.21. The van der Waals surface area contributed by atoms with Crippen LogP contribution in [0.4, 0.5) is 5.69 Å². The number of hydrogen-bond donors (Lipinski definition) is 0. The molecule has 0 saturated carbocycles. The van der Waals surface area contributed by atoms with Gasteiger partial charge in [0.2, 0.25) is 15.9 Å². The predicted molar refractivity (Wildman–Crippen MR) is 109 cm³/mol. The zero-order valence-electron chi connectivity index (χ0n) is 15.6. The van der Waals surface area contributed by atoms with Gasteiger partial charge in [-0.2, -0.15) is 0 Å². The molecule has 0 fully saturated rings. The Morgan fingerprint density at radius 2 is 1.85 bits per heavy atom. The lowest BCUT2D eigenvalue weighted by Crippen LogP contribution is -2.50. The molecule has 1 atom stereocenters. The number of fused-ring (bicyclic) bond motifs is 1. The first-order valence-electron chi connectivity index (χ1n) is 8.79. The van der Waals surface area contributed by atoms with Gasteiger partial charge in [-0.05, 0) is 49.1 Å². The number of carbonyl (C=O) groups excluding carboxylic acids is 1. The Kier molecular flexibility index (Phi) is 5.49. The minimum atomic E-state index is -3.66. The van der Waals surface area contributed by atoms with Crippen molar-refractivity contribution in [2.75, 3.05) is 17.1 Å². The molecule has 0 N–H and O–H groups in total. The van der Waals surface area contributed by atoms with Crippen molar-refractivity contribution in [3.05, 3.63) is 64.2 Å². The molecule has 1 amide bonds. The second-order valence-electron chi connectivity index (χ2n) is 6.95. The van der Waals surface area contributed by atoms with Crippen LogP contribution in [0.2, 0.25) is 5.02 Å². The number of halogens is 1. The van der Waals surface area contributed by atoms with E-state index >= 15 is 0 Å². The number of sulfonamides is 1. The molecule has 2 aromatic carbocycles. The third kappa shape index (κ3) is 4.12. The predicted octanol–water partition coefficient (Wildman–Crippen LogP) is 3.39. The highest BCUT2D eigenvalue weighted by atomic mass is 35.5. The molecule has 1 aliphatic heterocycles. The molecule has 0 unspecified atom stereocenters. The van der Waals surface area contributed by atoms with Gasteiger partial charge in [0.15, 0.2) is 0 Å². The molecule has 144 valence electrons. The number of aryl methyl sites for hydroxylation is 1. The summed E-state index contributed by atoms with van der Waals surface area (Å²) in [5, 5.41) is 0.465. The van der Waals surface area contributed by atoms with Gasteiger partial charge in [-0.15, -0.1) is 0 Å². The van der Waals surface area contributed by atoms with Crippen LogP contribution in [0.5, 0.6) is 0 Å². The third-order valence-electron chi connectivity index (χ3n) is 4.92. The van der Waals surface area contributed by atoms with Crippen molar-refractivity contribution >= 4 is 33.2 Å². The highest BCUT2D eigenvalue weighted by Gasteiger charge is 2.33. The van der Waals surface area contributed by atoms with E-state index in [2.05, 4.69) is 6.07 Å². The van der Waals surface area contributed by atoms with Crippen LogP contribution in [-0.2, 0) is 27.8 Å².